The zero-order valence-corrected chi connectivity index (χ0v) is 17.4. The van der Waals surface area contributed by atoms with E-state index < -0.39 is 33.3 Å². The van der Waals surface area contributed by atoms with Crippen LogP contribution in [0.25, 0.3) is 0 Å². The van der Waals surface area contributed by atoms with Gasteiger partial charge in [-0.2, -0.15) is 13.2 Å². The van der Waals surface area contributed by atoms with Gasteiger partial charge in [-0.3, -0.25) is 14.5 Å². The van der Waals surface area contributed by atoms with Crippen molar-refractivity contribution in [2.75, 3.05) is 4.72 Å². The highest BCUT2D eigenvalue weighted by molar-refractivity contribution is 7.92. The van der Waals surface area contributed by atoms with Gasteiger partial charge in [-0.15, -0.1) is 0 Å². The monoisotopic (exact) mass is 466 g/mol. The van der Waals surface area contributed by atoms with Crippen LogP contribution in [0.4, 0.5) is 23.2 Å². The molecule has 2 aromatic carbocycles. The van der Waals surface area contributed by atoms with E-state index in [9.17, 15) is 30.8 Å². The summed E-state index contributed by atoms with van der Waals surface area (Å²) in [5.41, 5.74) is -0.494. The maximum Gasteiger partial charge on any atom is 0.416 e. The summed E-state index contributed by atoms with van der Waals surface area (Å²) in [4.78, 5) is 15.9. The van der Waals surface area contributed by atoms with Gasteiger partial charge in [0.05, 0.1) is 16.1 Å². The van der Waals surface area contributed by atoms with E-state index in [4.69, 9.17) is 0 Å². The second-order valence-electron chi connectivity index (χ2n) is 7.02. The van der Waals surface area contributed by atoms with Crippen LogP contribution >= 0.6 is 0 Å². The number of hydrogen-bond acceptors (Lipinski definition) is 4. The highest BCUT2D eigenvalue weighted by Crippen LogP contribution is 2.32. The molecule has 0 spiro atoms. The summed E-state index contributed by atoms with van der Waals surface area (Å²) in [5, 5.41) is 0. The van der Waals surface area contributed by atoms with Crippen LogP contribution in [0.15, 0.2) is 71.9 Å². The minimum Gasteiger partial charge on any atom is -0.299 e. The Kier molecular flexibility index (Phi) is 6.93. The van der Waals surface area contributed by atoms with E-state index in [2.05, 4.69) is 4.98 Å². The van der Waals surface area contributed by atoms with Gasteiger partial charge in [0.15, 0.2) is 0 Å². The molecule has 1 heterocycles. The van der Waals surface area contributed by atoms with Gasteiger partial charge in [0.25, 0.3) is 10.0 Å². The Hall–Kier alpha value is -3.27. The molecule has 0 saturated heterocycles. The van der Waals surface area contributed by atoms with Gasteiger partial charge in [0, 0.05) is 25.2 Å². The lowest BCUT2D eigenvalue weighted by molar-refractivity contribution is -0.137. The summed E-state index contributed by atoms with van der Waals surface area (Å²) >= 11 is 0. The number of halogens is 4. The number of Topliss-reactive ketones (excluding diaryl/α,β-unsaturated/α-hetero) is 1. The number of benzene rings is 2. The molecule has 0 unspecified atom stereocenters. The number of nitrogens with one attached hydrogen (secondary N) is 1. The van der Waals surface area contributed by atoms with Crippen molar-refractivity contribution in [3.63, 3.8) is 0 Å². The summed E-state index contributed by atoms with van der Waals surface area (Å²) in [6.07, 6.45) is -0.520. The Bertz CT molecular complexity index is 1200. The first kappa shape index (κ1) is 23.4. The number of carbonyl (C=O) groups excluding carboxylic acids is 1. The molecule has 32 heavy (non-hydrogen) atoms. The molecule has 1 N–H and O–H groups in total. The van der Waals surface area contributed by atoms with E-state index in [0.29, 0.717) is 36.6 Å². The van der Waals surface area contributed by atoms with Crippen LogP contribution in [0.5, 0.6) is 0 Å². The van der Waals surface area contributed by atoms with Crippen molar-refractivity contribution in [1.29, 1.82) is 0 Å². The van der Waals surface area contributed by atoms with Crippen LogP contribution in [0, 0.1) is 5.82 Å². The van der Waals surface area contributed by atoms with Crippen LogP contribution < -0.4 is 4.72 Å². The number of rotatable bonds is 8. The number of aromatic nitrogens is 1. The van der Waals surface area contributed by atoms with Crippen molar-refractivity contribution < 1.29 is 30.8 Å². The molecule has 3 rings (SSSR count). The van der Waals surface area contributed by atoms with E-state index in [0.717, 1.165) is 5.56 Å². The molecule has 0 aliphatic rings. The van der Waals surface area contributed by atoms with Crippen molar-refractivity contribution in [3.8, 4) is 0 Å². The molecule has 0 fully saturated rings. The molecule has 1 aromatic heterocycles. The Morgan fingerprint density at radius 1 is 1.00 bits per heavy atom. The van der Waals surface area contributed by atoms with E-state index in [1.165, 1.54) is 24.3 Å². The van der Waals surface area contributed by atoms with Gasteiger partial charge in [-0.05, 0) is 53.9 Å². The number of aryl methyl sites for hydroxylation is 1. The maximum absolute atomic E-state index is 13.9. The lowest BCUT2D eigenvalue weighted by Gasteiger charge is -2.12. The molecule has 5 nitrogen and oxygen atoms in total. The van der Waals surface area contributed by atoms with Gasteiger partial charge in [-0.25, -0.2) is 12.8 Å². The van der Waals surface area contributed by atoms with Crippen molar-refractivity contribution in [3.05, 3.63) is 89.5 Å². The Balaban J connectivity index is 1.66. The summed E-state index contributed by atoms with van der Waals surface area (Å²) in [6, 6.07) is 10.4. The van der Waals surface area contributed by atoms with Crippen molar-refractivity contribution in [1.82, 2.24) is 4.98 Å². The van der Waals surface area contributed by atoms with Crippen molar-refractivity contribution in [2.24, 2.45) is 0 Å². The highest BCUT2D eigenvalue weighted by atomic mass is 32.2. The predicted octanol–water partition coefficient (Wildman–Crippen LogP) is 4.78. The zero-order valence-electron chi connectivity index (χ0n) is 16.6. The molecule has 0 amide bonds. The number of alkyl halides is 3. The average molecular weight is 466 g/mol. The predicted molar refractivity (Wildman–Crippen MR) is 110 cm³/mol. The Morgan fingerprint density at radius 2 is 1.72 bits per heavy atom. The second kappa shape index (κ2) is 9.47. The van der Waals surface area contributed by atoms with E-state index >= 15 is 0 Å². The molecule has 0 aliphatic heterocycles. The quantitative estimate of drug-likeness (QED) is 0.485. The van der Waals surface area contributed by atoms with Crippen LogP contribution in [-0.2, 0) is 33.8 Å². The third kappa shape index (κ3) is 6.13. The van der Waals surface area contributed by atoms with Crippen LogP contribution in [0.3, 0.4) is 0 Å². The summed E-state index contributed by atoms with van der Waals surface area (Å²) in [7, 11) is -4.34. The summed E-state index contributed by atoms with van der Waals surface area (Å²) in [5.74, 6) is -1.19. The van der Waals surface area contributed by atoms with Crippen LogP contribution in [0.1, 0.15) is 23.1 Å². The third-order valence-corrected chi connectivity index (χ3v) is 5.97. The minimum atomic E-state index is -4.75. The standard InChI is InChI=1S/C22H18F4N2O3S/c23-20-10-6-17(22(24,25)26)13-21(20)28-32(30,31)19-8-4-15(5-9-19)12-18(29)7-3-16-2-1-11-27-14-16/h1-2,4-6,8-11,13-14,28H,3,7,12H2. The summed E-state index contributed by atoms with van der Waals surface area (Å²) in [6.45, 7) is 0. The second-order valence-corrected chi connectivity index (χ2v) is 8.70. The van der Waals surface area contributed by atoms with E-state index in [-0.39, 0.29) is 17.1 Å². The van der Waals surface area contributed by atoms with Gasteiger partial charge in [-0.1, -0.05) is 18.2 Å². The highest BCUT2D eigenvalue weighted by Gasteiger charge is 2.31. The first-order chi connectivity index (χ1) is 15.0. The SMILES string of the molecule is O=C(CCc1cccnc1)Cc1ccc(S(=O)(=O)Nc2cc(C(F)(F)F)ccc2F)cc1. The minimum absolute atomic E-state index is 0.0476. The van der Waals surface area contributed by atoms with Crippen LogP contribution in [-0.4, -0.2) is 19.2 Å². The van der Waals surface area contributed by atoms with E-state index in [1.807, 2.05) is 10.8 Å². The molecule has 0 saturated carbocycles. The van der Waals surface area contributed by atoms with Gasteiger partial charge >= 0.3 is 6.18 Å². The van der Waals surface area contributed by atoms with Gasteiger partial charge in [0.2, 0.25) is 0 Å². The topological polar surface area (TPSA) is 76.1 Å². The Morgan fingerprint density at radius 3 is 2.34 bits per heavy atom. The fourth-order valence-corrected chi connectivity index (χ4v) is 3.97. The summed E-state index contributed by atoms with van der Waals surface area (Å²) < 4.78 is 79.1. The van der Waals surface area contributed by atoms with Gasteiger partial charge < -0.3 is 0 Å². The number of sulfonamides is 1. The fourth-order valence-electron chi connectivity index (χ4n) is 2.92. The molecule has 0 atom stereocenters. The number of ketones is 1. The molecular weight excluding hydrogens is 448 g/mol. The fraction of sp³-hybridized carbons (Fsp3) is 0.182. The number of carbonyl (C=O) groups is 1. The molecule has 3 aromatic rings. The lowest BCUT2D eigenvalue weighted by atomic mass is 10.0. The first-order valence-electron chi connectivity index (χ1n) is 9.44. The lowest BCUT2D eigenvalue weighted by Crippen LogP contribution is -2.15. The molecule has 0 radical (unpaired) electrons. The maximum atomic E-state index is 13.9. The smallest absolute Gasteiger partial charge is 0.299 e. The third-order valence-electron chi connectivity index (χ3n) is 4.59. The average Bonchev–Trinajstić information content (AvgIpc) is 2.74. The largest absolute Gasteiger partial charge is 0.416 e. The number of anilines is 1. The first-order valence-corrected chi connectivity index (χ1v) is 10.9. The van der Waals surface area contributed by atoms with Crippen LogP contribution in [0.2, 0.25) is 0 Å². The number of nitrogens with zero attached hydrogens (tertiary/aromatic N) is 1. The molecule has 10 heteroatoms. The van der Waals surface area contributed by atoms with Crippen molar-refractivity contribution in [2.45, 2.75) is 30.3 Å². The molecule has 0 bridgehead atoms. The molecule has 168 valence electrons. The number of pyridine rings is 1. The number of hydrogen-bond donors (Lipinski definition) is 1. The van der Waals surface area contributed by atoms with E-state index in [1.54, 1.807) is 18.5 Å². The molecular formula is C22H18F4N2O3S. The zero-order chi connectivity index (χ0) is 23.4. The van der Waals surface area contributed by atoms with Crippen molar-refractivity contribution >= 4 is 21.5 Å². The van der Waals surface area contributed by atoms with Gasteiger partial charge in [0.1, 0.15) is 11.6 Å². The normalized spacial score (nSPS) is 11.9. The Labute approximate surface area is 182 Å². The molecule has 0 aliphatic carbocycles.